The third-order valence-corrected chi connectivity index (χ3v) is 4.78. The van der Waals surface area contributed by atoms with Gasteiger partial charge in [-0.1, -0.05) is 17.7 Å². The van der Waals surface area contributed by atoms with Gasteiger partial charge in [0, 0.05) is 15.2 Å². The van der Waals surface area contributed by atoms with Gasteiger partial charge >= 0.3 is 5.97 Å². The summed E-state index contributed by atoms with van der Waals surface area (Å²) in [5.74, 6) is -0.274. The number of carbonyl (C=O) groups is 1. The van der Waals surface area contributed by atoms with Crippen LogP contribution in [-0.4, -0.2) is 23.4 Å². The van der Waals surface area contributed by atoms with Gasteiger partial charge in [0.1, 0.15) is 5.54 Å². The maximum Gasteiger partial charge on any atom is 0.326 e. The lowest BCUT2D eigenvalue weighted by Gasteiger charge is -2.21. The fourth-order valence-electron chi connectivity index (χ4n) is 2.32. The predicted molar refractivity (Wildman–Crippen MR) is 78.5 cm³/mol. The third kappa shape index (κ3) is 3.65. The Bertz CT molecular complexity index is 469. The third-order valence-electron chi connectivity index (χ3n) is 3.29. The van der Waals surface area contributed by atoms with Gasteiger partial charge in [0.25, 0.3) is 0 Å². The molecule has 1 aliphatic carbocycles. The Hall–Kier alpha value is -0.710. The molecule has 1 aromatic rings. The SMILES string of the molecule is CCOC(=O)C1(N)CCC(Sc2cccc(Cl)c2)C1. The quantitative estimate of drug-likeness (QED) is 0.867. The van der Waals surface area contributed by atoms with Crippen LogP contribution < -0.4 is 5.73 Å². The molecular formula is C14H18ClNO2S. The van der Waals surface area contributed by atoms with Crippen molar-refractivity contribution in [3.8, 4) is 0 Å². The lowest BCUT2D eigenvalue weighted by Crippen LogP contribution is -2.47. The molecular weight excluding hydrogens is 282 g/mol. The molecule has 19 heavy (non-hydrogen) atoms. The summed E-state index contributed by atoms with van der Waals surface area (Å²) in [5, 5.41) is 1.07. The normalized spacial score (nSPS) is 26.4. The molecule has 0 bridgehead atoms. The number of halogens is 1. The molecule has 0 saturated heterocycles. The molecule has 5 heteroatoms. The van der Waals surface area contributed by atoms with Gasteiger partial charge < -0.3 is 10.5 Å². The minimum atomic E-state index is -0.813. The number of hydrogen-bond donors (Lipinski definition) is 1. The Morgan fingerprint density at radius 3 is 3.11 bits per heavy atom. The molecule has 2 atom stereocenters. The molecule has 1 aliphatic rings. The second-order valence-corrected chi connectivity index (χ2v) is 6.63. The van der Waals surface area contributed by atoms with Crippen LogP contribution in [0.25, 0.3) is 0 Å². The van der Waals surface area contributed by atoms with Crippen molar-refractivity contribution in [1.29, 1.82) is 0 Å². The summed E-state index contributed by atoms with van der Waals surface area (Å²) in [6, 6.07) is 7.75. The molecule has 0 spiro atoms. The second kappa shape index (κ2) is 6.16. The minimum absolute atomic E-state index is 0.274. The maximum absolute atomic E-state index is 11.8. The van der Waals surface area contributed by atoms with Gasteiger partial charge in [-0.25, -0.2) is 0 Å². The predicted octanol–water partition coefficient (Wildman–Crippen LogP) is 3.25. The highest BCUT2D eigenvalue weighted by atomic mass is 35.5. The van der Waals surface area contributed by atoms with Crippen molar-refractivity contribution in [2.75, 3.05) is 6.61 Å². The van der Waals surface area contributed by atoms with Crippen molar-refractivity contribution in [1.82, 2.24) is 0 Å². The number of rotatable bonds is 4. The molecule has 2 N–H and O–H groups in total. The topological polar surface area (TPSA) is 52.3 Å². The standard InChI is InChI=1S/C14H18ClNO2S/c1-2-18-13(17)14(16)7-6-12(9-14)19-11-5-3-4-10(15)8-11/h3-5,8,12H,2,6-7,9,16H2,1H3. The molecule has 0 aliphatic heterocycles. The van der Waals surface area contributed by atoms with Crippen LogP contribution in [0, 0.1) is 0 Å². The van der Waals surface area contributed by atoms with E-state index in [2.05, 4.69) is 0 Å². The molecule has 1 saturated carbocycles. The van der Waals surface area contributed by atoms with Crippen LogP contribution in [0.15, 0.2) is 29.2 Å². The number of nitrogens with two attached hydrogens (primary N) is 1. The highest BCUT2D eigenvalue weighted by Crippen LogP contribution is 2.40. The molecule has 2 rings (SSSR count). The van der Waals surface area contributed by atoms with Gasteiger partial charge in [-0.15, -0.1) is 11.8 Å². The molecule has 0 radical (unpaired) electrons. The summed E-state index contributed by atoms with van der Waals surface area (Å²) in [4.78, 5) is 13.0. The lowest BCUT2D eigenvalue weighted by atomic mass is 10.00. The van der Waals surface area contributed by atoms with Crippen molar-refractivity contribution in [2.45, 2.75) is 41.9 Å². The van der Waals surface area contributed by atoms with Gasteiger partial charge in [0.15, 0.2) is 0 Å². The van der Waals surface area contributed by atoms with E-state index in [0.717, 1.165) is 16.3 Å². The minimum Gasteiger partial charge on any atom is -0.465 e. The van der Waals surface area contributed by atoms with Crippen LogP contribution in [0.1, 0.15) is 26.2 Å². The van der Waals surface area contributed by atoms with Crippen LogP contribution >= 0.6 is 23.4 Å². The van der Waals surface area contributed by atoms with Gasteiger partial charge in [0.2, 0.25) is 0 Å². The van der Waals surface area contributed by atoms with E-state index in [1.165, 1.54) is 0 Å². The Balaban J connectivity index is 1.97. The van der Waals surface area contributed by atoms with Crippen molar-refractivity contribution >= 4 is 29.3 Å². The molecule has 1 aromatic carbocycles. The van der Waals surface area contributed by atoms with Crippen molar-refractivity contribution < 1.29 is 9.53 Å². The monoisotopic (exact) mass is 299 g/mol. The van der Waals surface area contributed by atoms with Crippen LogP contribution in [0.2, 0.25) is 5.02 Å². The average molecular weight is 300 g/mol. The van der Waals surface area contributed by atoms with Crippen LogP contribution in [0.3, 0.4) is 0 Å². The summed E-state index contributed by atoms with van der Waals surface area (Å²) in [6.07, 6.45) is 2.26. The first-order valence-electron chi connectivity index (χ1n) is 6.42. The molecule has 0 aromatic heterocycles. The molecule has 2 unspecified atom stereocenters. The van der Waals surface area contributed by atoms with Crippen LogP contribution in [0.5, 0.6) is 0 Å². The zero-order valence-electron chi connectivity index (χ0n) is 10.9. The van der Waals surface area contributed by atoms with Crippen molar-refractivity contribution in [2.24, 2.45) is 5.73 Å². The zero-order valence-corrected chi connectivity index (χ0v) is 12.5. The summed E-state index contributed by atoms with van der Waals surface area (Å²) in [6.45, 7) is 2.18. The molecule has 3 nitrogen and oxygen atoms in total. The Morgan fingerprint density at radius 1 is 1.63 bits per heavy atom. The van der Waals surface area contributed by atoms with Gasteiger partial charge in [-0.05, 0) is 44.4 Å². The van der Waals surface area contributed by atoms with Crippen LogP contribution in [0.4, 0.5) is 0 Å². The fourth-order valence-corrected chi connectivity index (χ4v) is 3.93. The van der Waals surface area contributed by atoms with E-state index in [9.17, 15) is 4.79 Å². The lowest BCUT2D eigenvalue weighted by molar-refractivity contribution is -0.149. The fraction of sp³-hybridized carbons (Fsp3) is 0.500. The van der Waals surface area contributed by atoms with Crippen LogP contribution in [-0.2, 0) is 9.53 Å². The van der Waals surface area contributed by atoms with E-state index in [-0.39, 0.29) is 5.97 Å². The highest BCUT2D eigenvalue weighted by molar-refractivity contribution is 8.00. The smallest absolute Gasteiger partial charge is 0.326 e. The zero-order chi connectivity index (χ0) is 13.9. The number of carbonyl (C=O) groups excluding carboxylic acids is 1. The largest absolute Gasteiger partial charge is 0.465 e. The second-order valence-electron chi connectivity index (χ2n) is 4.82. The molecule has 0 amide bonds. The summed E-state index contributed by atoms with van der Waals surface area (Å²) in [5.41, 5.74) is 5.34. The summed E-state index contributed by atoms with van der Waals surface area (Å²) in [7, 11) is 0. The van der Waals surface area contributed by atoms with Gasteiger partial charge in [0.05, 0.1) is 6.61 Å². The van der Waals surface area contributed by atoms with E-state index < -0.39 is 5.54 Å². The van der Waals surface area contributed by atoms with E-state index in [4.69, 9.17) is 22.1 Å². The average Bonchev–Trinajstić information content (AvgIpc) is 2.73. The van der Waals surface area contributed by atoms with Crippen molar-refractivity contribution in [3.05, 3.63) is 29.3 Å². The number of esters is 1. The first-order valence-corrected chi connectivity index (χ1v) is 7.67. The van der Waals surface area contributed by atoms with E-state index in [0.29, 0.717) is 24.7 Å². The molecule has 1 fully saturated rings. The number of thioether (sulfide) groups is 1. The Kier molecular flexibility index (Phi) is 4.76. The van der Waals surface area contributed by atoms with Gasteiger partial charge in [-0.3, -0.25) is 4.79 Å². The Labute approximate surface area is 122 Å². The van der Waals surface area contributed by atoms with E-state index in [1.807, 2.05) is 24.3 Å². The van der Waals surface area contributed by atoms with E-state index in [1.54, 1.807) is 18.7 Å². The van der Waals surface area contributed by atoms with Gasteiger partial charge in [-0.2, -0.15) is 0 Å². The van der Waals surface area contributed by atoms with Crippen molar-refractivity contribution in [3.63, 3.8) is 0 Å². The number of benzene rings is 1. The Morgan fingerprint density at radius 2 is 2.42 bits per heavy atom. The highest BCUT2D eigenvalue weighted by Gasteiger charge is 2.43. The molecule has 0 heterocycles. The molecule has 104 valence electrons. The first-order chi connectivity index (χ1) is 9.03. The number of ether oxygens (including phenoxy) is 1. The number of hydrogen-bond acceptors (Lipinski definition) is 4. The summed E-state index contributed by atoms with van der Waals surface area (Å²) >= 11 is 7.70. The first kappa shape index (κ1) is 14.7. The van der Waals surface area contributed by atoms with E-state index >= 15 is 0 Å². The summed E-state index contributed by atoms with van der Waals surface area (Å²) < 4.78 is 5.05. The maximum atomic E-state index is 11.8.